The van der Waals surface area contributed by atoms with Gasteiger partial charge in [0, 0.05) is 100 Å². The van der Waals surface area contributed by atoms with Crippen molar-refractivity contribution < 1.29 is 36.5 Å². The summed E-state index contributed by atoms with van der Waals surface area (Å²) >= 11 is 0. The molecule has 0 radical (unpaired) electrons. The number of halogens is 4. The Kier molecular flexibility index (Phi) is 9.85. The molecule has 0 aliphatic carbocycles. The highest BCUT2D eigenvalue weighted by atomic mass is 19.3. The van der Waals surface area contributed by atoms with E-state index in [-0.39, 0.29) is 67.4 Å². The van der Waals surface area contributed by atoms with Gasteiger partial charge in [0.1, 0.15) is 36.8 Å². The second-order valence-electron chi connectivity index (χ2n) is 19.7. The van der Waals surface area contributed by atoms with Crippen molar-refractivity contribution in [2.45, 2.75) is 114 Å². The molecule has 11 rings (SSSR count). The molecule has 2 bridgehead atoms. The predicted octanol–water partition coefficient (Wildman–Crippen LogP) is 8.82. The number of aromatic nitrogens is 6. The van der Waals surface area contributed by atoms with E-state index in [2.05, 4.69) is 68.6 Å². The number of hydrogen-bond acceptors (Lipinski definition) is 12. The first-order valence-corrected chi connectivity index (χ1v) is 22.2. The van der Waals surface area contributed by atoms with Crippen LogP contribution in [0.1, 0.15) is 70.9 Å². The van der Waals surface area contributed by atoms with Crippen molar-refractivity contribution in [2.24, 2.45) is 0 Å². The number of benzene rings is 2. The highest BCUT2D eigenvalue weighted by molar-refractivity contribution is 5.80. The zero-order valence-corrected chi connectivity index (χ0v) is 37.1. The Morgan fingerprint density at radius 2 is 1.42 bits per heavy atom. The van der Waals surface area contributed by atoms with Crippen LogP contribution in [0.15, 0.2) is 73.2 Å². The number of piperidine rings is 2. The summed E-state index contributed by atoms with van der Waals surface area (Å²) in [5, 5.41) is 21.7. The summed E-state index contributed by atoms with van der Waals surface area (Å²) in [6.45, 7) is 9.15. The van der Waals surface area contributed by atoms with Crippen molar-refractivity contribution in [3.05, 3.63) is 95.9 Å². The van der Waals surface area contributed by atoms with E-state index >= 15 is 17.6 Å². The number of pyridine rings is 2. The van der Waals surface area contributed by atoms with Crippen molar-refractivity contribution in [3.63, 3.8) is 0 Å². The largest absolute Gasteiger partial charge is 0.480 e. The van der Waals surface area contributed by atoms with E-state index < -0.39 is 41.7 Å². The minimum atomic E-state index is -3.01. The maximum Gasteiger partial charge on any atom is 0.265 e. The molecule has 3 saturated heterocycles. The summed E-state index contributed by atoms with van der Waals surface area (Å²) < 4.78 is 87.8. The Morgan fingerprint density at radius 1 is 0.758 bits per heavy atom. The number of fused-ring (bicyclic) bond motifs is 8. The fraction of sp³-hybridized carbons (Fsp3) is 0.408. The Morgan fingerprint density at radius 3 is 2.09 bits per heavy atom. The van der Waals surface area contributed by atoms with E-state index in [1.54, 1.807) is 42.7 Å². The number of methoxy groups -OCH3 is 1. The van der Waals surface area contributed by atoms with Crippen LogP contribution in [0, 0.1) is 11.6 Å². The molecular weight excluding hydrogens is 855 g/mol. The van der Waals surface area contributed by atoms with Gasteiger partial charge >= 0.3 is 0 Å². The lowest BCUT2D eigenvalue weighted by Gasteiger charge is -2.52. The van der Waals surface area contributed by atoms with E-state index in [1.165, 1.54) is 25.4 Å². The van der Waals surface area contributed by atoms with E-state index in [9.17, 15) is 0 Å². The minimum Gasteiger partial charge on any atom is -0.480 e. The Balaban J connectivity index is 0.895. The smallest absolute Gasteiger partial charge is 0.265 e. The molecule has 17 heteroatoms. The summed E-state index contributed by atoms with van der Waals surface area (Å²) in [7, 11) is 1.48. The van der Waals surface area contributed by atoms with Gasteiger partial charge in [0.05, 0.1) is 25.5 Å². The van der Waals surface area contributed by atoms with E-state index in [0.717, 1.165) is 11.1 Å². The van der Waals surface area contributed by atoms with Gasteiger partial charge in [-0.3, -0.25) is 5.10 Å². The minimum absolute atomic E-state index is 0.0699. The molecule has 2 aromatic carbocycles. The van der Waals surface area contributed by atoms with Crippen LogP contribution < -0.4 is 34.5 Å². The number of aromatic amines is 1. The molecule has 6 aromatic rings. The van der Waals surface area contributed by atoms with Crippen LogP contribution in [0.2, 0.25) is 0 Å². The normalized spacial score (nSPS) is 23.0. The first kappa shape index (κ1) is 42.3. The van der Waals surface area contributed by atoms with E-state index in [1.807, 2.05) is 12.1 Å². The maximum atomic E-state index is 16.2. The van der Waals surface area contributed by atoms with Crippen LogP contribution in [0.4, 0.5) is 23.4 Å². The molecular formula is C49H49F4N9O4. The molecule has 66 heavy (non-hydrogen) atoms. The van der Waals surface area contributed by atoms with E-state index in [4.69, 9.17) is 23.9 Å². The Labute approximate surface area is 378 Å². The second-order valence-corrected chi connectivity index (χ2v) is 19.7. The van der Waals surface area contributed by atoms with Crippen molar-refractivity contribution in [1.82, 2.24) is 41.0 Å². The highest BCUT2D eigenvalue weighted by Crippen LogP contribution is 2.49. The van der Waals surface area contributed by atoms with Crippen LogP contribution in [-0.2, 0) is 13.2 Å². The van der Waals surface area contributed by atoms with Crippen LogP contribution in [0.25, 0.3) is 44.5 Å². The predicted molar refractivity (Wildman–Crippen MR) is 238 cm³/mol. The van der Waals surface area contributed by atoms with Gasteiger partial charge in [-0.05, 0) is 105 Å². The lowest BCUT2D eigenvalue weighted by molar-refractivity contribution is -0.0196. The second kappa shape index (κ2) is 15.4. The summed E-state index contributed by atoms with van der Waals surface area (Å²) in [5.74, 6) is -2.15. The number of ether oxygens (including phenoxy) is 4. The molecule has 5 aliphatic heterocycles. The topological polar surface area (TPSA) is 144 Å². The summed E-state index contributed by atoms with van der Waals surface area (Å²) in [5.41, 5.74) is 4.41. The summed E-state index contributed by atoms with van der Waals surface area (Å²) in [6, 6.07) is 14.1. The molecule has 0 unspecified atom stereocenters. The number of rotatable bonds is 9. The van der Waals surface area contributed by atoms with Gasteiger partial charge in [-0.1, -0.05) is 0 Å². The summed E-state index contributed by atoms with van der Waals surface area (Å²) in [6.07, 6.45) is 5.45. The third-order valence-corrected chi connectivity index (χ3v) is 13.7. The third-order valence-electron chi connectivity index (χ3n) is 13.7. The molecule has 4 aromatic heterocycles. The van der Waals surface area contributed by atoms with E-state index in [0.29, 0.717) is 69.0 Å². The number of anilines is 1. The summed E-state index contributed by atoms with van der Waals surface area (Å²) in [4.78, 5) is 11.9. The molecule has 0 saturated carbocycles. The highest BCUT2D eigenvalue weighted by Gasteiger charge is 2.61. The average Bonchev–Trinajstić information content (AvgIpc) is 3.87. The number of nitrogens with one attached hydrogen (secondary N) is 3. The zero-order valence-electron chi connectivity index (χ0n) is 37.1. The van der Waals surface area contributed by atoms with Gasteiger partial charge in [0.25, 0.3) is 5.92 Å². The van der Waals surface area contributed by atoms with Gasteiger partial charge in [-0.15, -0.1) is 5.10 Å². The standard InChI is InChI=1S/C49H49F4N9O4/c1-46(2)16-30(17-47(3,4)61-46)62(41-8-6-32-34-14-38(50)36(10-27(34)22-64-44(32)57-41)26-12-43(63-5)60-56-19-26)25-48-18-31(13-40(59-48)49(52,53)24-48)66-42-9-7-33-35-15-39(51)37(29-20-54-55-21-29)11-28(35)23-65-45(33)58-42/h6-12,14-15,19-21,30-31,40,59,61H,13,16-18,22-25H2,1-5H3,(H,54,55)/t31-,40+,48-/m0/s1. The molecule has 13 nitrogen and oxygen atoms in total. The van der Waals surface area contributed by atoms with Crippen LogP contribution in [-0.4, -0.2) is 84.7 Å². The fourth-order valence-electron chi connectivity index (χ4n) is 11.3. The van der Waals surface area contributed by atoms with Crippen molar-refractivity contribution in [1.29, 1.82) is 0 Å². The lowest BCUT2D eigenvalue weighted by Crippen LogP contribution is -2.65. The monoisotopic (exact) mass is 903 g/mol. The quantitative estimate of drug-likeness (QED) is 0.119. The van der Waals surface area contributed by atoms with Crippen molar-refractivity contribution in [3.8, 4) is 68.0 Å². The SMILES string of the molecule is COc1cc(-c2cc3c(cc2F)-c2ccc(N(C[C@@]45C[C@@H](Oc6ccc7c(n6)OCc6cc(-c8cn[nH]c8)c(F)cc6-7)C[C@@H](N4)C(F)(F)C5)C4CC(C)(C)NC(C)(C)C4)nc2OC3)cnn1. The fourth-order valence-corrected chi connectivity index (χ4v) is 11.3. The molecule has 3 atom stereocenters. The molecule has 342 valence electrons. The van der Waals surface area contributed by atoms with Crippen molar-refractivity contribution in [2.75, 3.05) is 18.6 Å². The van der Waals surface area contributed by atoms with Crippen LogP contribution >= 0.6 is 0 Å². The number of H-pyrrole nitrogens is 1. The van der Waals surface area contributed by atoms with Gasteiger partial charge in [0.2, 0.25) is 23.5 Å². The lowest BCUT2D eigenvalue weighted by atomic mass is 9.78. The molecule has 0 amide bonds. The van der Waals surface area contributed by atoms with Crippen LogP contribution in [0.5, 0.6) is 23.5 Å². The molecule has 5 aliphatic rings. The first-order valence-electron chi connectivity index (χ1n) is 22.2. The average molecular weight is 904 g/mol. The van der Waals surface area contributed by atoms with Gasteiger partial charge in [-0.25, -0.2) is 17.6 Å². The molecule has 9 heterocycles. The van der Waals surface area contributed by atoms with Gasteiger partial charge in [0.15, 0.2) is 0 Å². The van der Waals surface area contributed by atoms with Crippen LogP contribution in [0.3, 0.4) is 0 Å². The third kappa shape index (κ3) is 7.64. The Hall–Kier alpha value is -6.33. The first-order chi connectivity index (χ1) is 31.5. The number of nitrogens with zero attached hydrogens (tertiary/aromatic N) is 6. The van der Waals surface area contributed by atoms with Crippen molar-refractivity contribution >= 4 is 5.82 Å². The Bertz CT molecular complexity index is 2860. The maximum absolute atomic E-state index is 16.2. The van der Waals surface area contributed by atoms with Gasteiger partial charge < -0.3 is 34.5 Å². The zero-order chi connectivity index (χ0) is 45.8. The van der Waals surface area contributed by atoms with Gasteiger partial charge in [-0.2, -0.15) is 20.2 Å². The molecule has 3 N–H and O–H groups in total. The number of alkyl halides is 2. The number of hydrogen-bond donors (Lipinski definition) is 3. The molecule has 3 fully saturated rings. The molecule has 0 spiro atoms.